The van der Waals surface area contributed by atoms with Gasteiger partial charge < -0.3 is 10.1 Å². The van der Waals surface area contributed by atoms with Crippen LogP contribution in [0.15, 0.2) is 18.2 Å². The molecule has 1 aromatic rings. The van der Waals surface area contributed by atoms with Crippen molar-refractivity contribution < 1.29 is 22.7 Å². The average Bonchev–Trinajstić information content (AvgIpc) is 2.89. The summed E-state index contributed by atoms with van der Waals surface area (Å²) in [6, 6.07) is 3.36. The molecule has 0 radical (unpaired) electrons. The molecule has 0 spiro atoms. The van der Waals surface area contributed by atoms with Crippen molar-refractivity contribution in [2.24, 2.45) is 5.41 Å². The number of nitrogens with one attached hydrogen (secondary N) is 1. The number of halogens is 4. The van der Waals surface area contributed by atoms with Crippen LogP contribution in [-0.4, -0.2) is 29.3 Å². The third kappa shape index (κ3) is 6.16. The van der Waals surface area contributed by atoms with Crippen molar-refractivity contribution in [1.82, 2.24) is 4.90 Å². The largest absolute Gasteiger partial charge is 0.573 e. The summed E-state index contributed by atoms with van der Waals surface area (Å²) in [6.45, 7) is 6.17. The number of rotatable bonds is 4. The normalized spacial score (nSPS) is 20.3. The number of carbonyl (C=O) groups excluding carboxylic acids is 1. The molecule has 5 nitrogen and oxygen atoms in total. The van der Waals surface area contributed by atoms with E-state index < -0.39 is 24.1 Å². The van der Waals surface area contributed by atoms with Gasteiger partial charge >= 0.3 is 6.36 Å². The Morgan fingerprint density at radius 2 is 2.04 bits per heavy atom. The SMILES string of the molecule is CC(C)(C)CC1CCC(C(=O)Nc2ccc(I)cc2OC(F)(F)F)N1C#N. The smallest absolute Gasteiger partial charge is 0.404 e. The molecule has 27 heavy (non-hydrogen) atoms. The van der Waals surface area contributed by atoms with Crippen LogP contribution in [0.3, 0.4) is 0 Å². The minimum absolute atomic E-state index is 0.00499. The summed E-state index contributed by atoms with van der Waals surface area (Å²) in [6.07, 6.45) is -0.891. The fourth-order valence-electron chi connectivity index (χ4n) is 3.22. The van der Waals surface area contributed by atoms with E-state index >= 15 is 0 Å². The van der Waals surface area contributed by atoms with Gasteiger partial charge in [-0.05, 0) is 65.5 Å². The van der Waals surface area contributed by atoms with Crippen LogP contribution in [0.5, 0.6) is 5.75 Å². The van der Waals surface area contributed by atoms with Crippen molar-refractivity contribution in [2.75, 3.05) is 5.32 Å². The zero-order chi connectivity index (χ0) is 20.4. The van der Waals surface area contributed by atoms with Gasteiger partial charge in [0.05, 0.1) is 5.69 Å². The van der Waals surface area contributed by atoms with E-state index in [0.29, 0.717) is 16.4 Å². The maximum Gasteiger partial charge on any atom is 0.573 e. The van der Waals surface area contributed by atoms with Crippen LogP contribution in [-0.2, 0) is 4.79 Å². The number of likely N-dealkylation sites (tertiary alicyclic amines) is 1. The fourth-order valence-corrected chi connectivity index (χ4v) is 3.69. The predicted molar refractivity (Wildman–Crippen MR) is 103 cm³/mol. The standard InChI is InChI=1S/C18H21F3IN3O2/c1-17(2,3)9-12-5-7-14(25(12)10-23)16(26)24-13-6-4-11(22)8-15(13)27-18(19,20)21/h4,6,8,12,14H,5,7,9H2,1-3H3,(H,24,26). The summed E-state index contributed by atoms with van der Waals surface area (Å²) in [5.74, 6) is -0.989. The number of nitrogens with zero attached hydrogens (tertiary/aromatic N) is 2. The van der Waals surface area contributed by atoms with Crippen LogP contribution >= 0.6 is 22.6 Å². The van der Waals surface area contributed by atoms with Gasteiger partial charge in [0.1, 0.15) is 6.04 Å². The van der Waals surface area contributed by atoms with Gasteiger partial charge in [-0.2, -0.15) is 5.26 Å². The quantitative estimate of drug-likeness (QED) is 0.478. The van der Waals surface area contributed by atoms with Gasteiger partial charge in [-0.3, -0.25) is 9.69 Å². The Hall–Kier alpha value is -1.70. The maximum atomic E-state index is 12.7. The lowest BCUT2D eigenvalue weighted by molar-refractivity contribution is -0.274. The molecule has 1 aromatic carbocycles. The molecule has 0 saturated carbocycles. The Labute approximate surface area is 170 Å². The average molecular weight is 495 g/mol. The fraction of sp³-hybridized carbons (Fsp3) is 0.556. The number of benzene rings is 1. The monoisotopic (exact) mass is 495 g/mol. The van der Waals surface area contributed by atoms with Crippen LogP contribution in [0, 0.1) is 20.4 Å². The molecule has 148 valence electrons. The van der Waals surface area contributed by atoms with Crippen molar-refractivity contribution in [3.05, 3.63) is 21.8 Å². The molecular weight excluding hydrogens is 474 g/mol. The third-order valence-corrected chi connectivity index (χ3v) is 4.87. The number of nitriles is 1. The number of amides is 1. The number of hydrogen-bond acceptors (Lipinski definition) is 4. The molecule has 1 aliphatic heterocycles. The molecule has 0 aliphatic carbocycles. The van der Waals surface area contributed by atoms with Crippen LogP contribution in [0.25, 0.3) is 0 Å². The van der Waals surface area contributed by atoms with Gasteiger partial charge in [0.2, 0.25) is 5.91 Å². The highest BCUT2D eigenvalue weighted by atomic mass is 127. The highest BCUT2D eigenvalue weighted by Gasteiger charge is 2.39. The van der Waals surface area contributed by atoms with E-state index in [2.05, 4.69) is 37.0 Å². The van der Waals surface area contributed by atoms with Gasteiger partial charge in [-0.25, -0.2) is 0 Å². The molecule has 1 amide bonds. The van der Waals surface area contributed by atoms with E-state index in [0.717, 1.165) is 6.42 Å². The van der Waals surface area contributed by atoms with Gasteiger partial charge in [-0.1, -0.05) is 20.8 Å². The van der Waals surface area contributed by atoms with Crippen LogP contribution < -0.4 is 10.1 Å². The second kappa shape index (κ2) is 8.12. The van der Waals surface area contributed by atoms with E-state index in [-0.39, 0.29) is 17.1 Å². The predicted octanol–water partition coefficient (Wildman–Crippen LogP) is 4.88. The maximum absolute atomic E-state index is 12.7. The zero-order valence-electron chi connectivity index (χ0n) is 15.2. The molecule has 0 bridgehead atoms. The van der Waals surface area contributed by atoms with Gasteiger partial charge in [0.25, 0.3) is 0 Å². The molecular formula is C18H21F3IN3O2. The molecule has 2 unspecified atom stereocenters. The first-order valence-corrected chi connectivity index (χ1v) is 9.52. The number of anilines is 1. The summed E-state index contributed by atoms with van der Waals surface area (Å²) in [5.41, 5.74) is -0.0792. The van der Waals surface area contributed by atoms with Crippen molar-refractivity contribution in [3.63, 3.8) is 0 Å². The molecule has 1 saturated heterocycles. The second-order valence-electron chi connectivity index (χ2n) is 7.70. The van der Waals surface area contributed by atoms with Gasteiger partial charge in [0.15, 0.2) is 11.9 Å². The molecule has 2 rings (SSSR count). The Balaban J connectivity index is 2.17. The summed E-state index contributed by atoms with van der Waals surface area (Å²) in [4.78, 5) is 14.1. The number of carbonyl (C=O) groups is 1. The number of alkyl halides is 3. The van der Waals surface area contributed by atoms with E-state index in [1.807, 2.05) is 22.6 Å². The molecule has 1 aliphatic rings. The molecule has 1 fully saturated rings. The highest BCUT2D eigenvalue weighted by Crippen LogP contribution is 2.35. The Bertz CT molecular complexity index is 741. The number of ether oxygens (including phenoxy) is 1. The summed E-state index contributed by atoms with van der Waals surface area (Å²) >= 11 is 1.86. The van der Waals surface area contributed by atoms with Gasteiger partial charge in [-0.15, -0.1) is 13.2 Å². The van der Waals surface area contributed by atoms with Crippen molar-refractivity contribution in [3.8, 4) is 11.9 Å². The molecule has 1 heterocycles. The lowest BCUT2D eigenvalue weighted by Crippen LogP contribution is -2.41. The topological polar surface area (TPSA) is 65.4 Å². The third-order valence-electron chi connectivity index (χ3n) is 4.20. The first kappa shape index (κ1) is 21.6. The lowest BCUT2D eigenvalue weighted by atomic mass is 9.87. The molecule has 9 heteroatoms. The highest BCUT2D eigenvalue weighted by molar-refractivity contribution is 14.1. The van der Waals surface area contributed by atoms with Crippen LogP contribution in [0.2, 0.25) is 0 Å². The zero-order valence-corrected chi connectivity index (χ0v) is 17.4. The van der Waals surface area contributed by atoms with Crippen molar-refractivity contribution in [2.45, 2.75) is 58.5 Å². The van der Waals surface area contributed by atoms with Gasteiger partial charge in [0, 0.05) is 9.61 Å². The minimum atomic E-state index is -4.87. The molecule has 0 aromatic heterocycles. The molecule has 1 N–H and O–H groups in total. The van der Waals surface area contributed by atoms with E-state index in [1.165, 1.54) is 17.0 Å². The second-order valence-corrected chi connectivity index (χ2v) is 8.94. The Morgan fingerprint density at radius 3 is 2.59 bits per heavy atom. The minimum Gasteiger partial charge on any atom is -0.404 e. The van der Waals surface area contributed by atoms with Crippen LogP contribution in [0.4, 0.5) is 18.9 Å². The Morgan fingerprint density at radius 1 is 1.37 bits per heavy atom. The van der Waals surface area contributed by atoms with Crippen molar-refractivity contribution in [1.29, 1.82) is 5.26 Å². The summed E-state index contributed by atoms with van der Waals surface area (Å²) < 4.78 is 42.4. The van der Waals surface area contributed by atoms with E-state index in [1.54, 1.807) is 6.07 Å². The summed E-state index contributed by atoms with van der Waals surface area (Å²) in [7, 11) is 0. The summed E-state index contributed by atoms with van der Waals surface area (Å²) in [5, 5.41) is 12.0. The lowest BCUT2D eigenvalue weighted by Gasteiger charge is -2.29. The van der Waals surface area contributed by atoms with Crippen LogP contribution in [0.1, 0.15) is 40.0 Å². The van der Waals surface area contributed by atoms with E-state index in [4.69, 9.17) is 0 Å². The first-order valence-electron chi connectivity index (χ1n) is 8.44. The van der Waals surface area contributed by atoms with Crippen molar-refractivity contribution >= 4 is 34.2 Å². The number of hydrogen-bond donors (Lipinski definition) is 1. The Kier molecular flexibility index (Phi) is 6.50. The van der Waals surface area contributed by atoms with E-state index in [9.17, 15) is 23.2 Å². The first-order chi connectivity index (χ1) is 12.4. The molecule has 2 atom stereocenters.